The molecule has 1 aliphatic heterocycles. The van der Waals surface area contributed by atoms with Crippen molar-refractivity contribution in [2.45, 2.75) is 32.0 Å². The molecule has 1 unspecified atom stereocenters. The normalized spacial score (nSPS) is 20.0. The van der Waals surface area contributed by atoms with Crippen LogP contribution in [0.15, 0.2) is 42.5 Å². The molecule has 106 valence electrons. The van der Waals surface area contributed by atoms with E-state index in [9.17, 15) is 0 Å². The highest BCUT2D eigenvalue weighted by Gasteiger charge is 2.41. The van der Waals surface area contributed by atoms with Gasteiger partial charge in [0.15, 0.2) is 0 Å². The standard InChI is InChI=1S/C18H16ClNO/c1-13-3-6-15(7-4-13)18(9-2-10-20)17-11-16(19)8-5-14(17)12-21-18/h3-8,11H,2,9,12H2,1H3. The lowest BCUT2D eigenvalue weighted by Crippen LogP contribution is -2.27. The van der Waals surface area contributed by atoms with Crippen molar-refractivity contribution < 1.29 is 4.74 Å². The largest absolute Gasteiger partial charge is 0.361 e. The molecule has 21 heavy (non-hydrogen) atoms. The number of nitrogens with zero attached hydrogens (tertiary/aromatic N) is 1. The first kappa shape index (κ1) is 14.1. The summed E-state index contributed by atoms with van der Waals surface area (Å²) in [6.45, 7) is 2.62. The summed E-state index contributed by atoms with van der Waals surface area (Å²) in [6.07, 6.45) is 1.08. The van der Waals surface area contributed by atoms with Crippen molar-refractivity contribution in [1.82, 2.24) is 0 Å². The third kappa shape index (κ3) is 2.44. The minimum Gasteiger partial charge on any atom is -0.361 e. The zero-order chi connectivity index (χ0) is 14.9. The zero-order valence-corrected chi connectivity index (χ0v) is 12.7. The van der Waals surface area contributed by atoms with Crippen molar-refractivity contribution >= 4 is 11.6 Å². The van der Waals surface area contributed by atoms with E-state index in [4.69, 9.17) is 21.6 Å². The van der Waals surface area contributed by atoms with Crippen LogP contribution in [0.25, 0.3) is 0 Å². The number of fused-ring (bicyclic) bond motifs is 1. The first-order valence-electron chi connectivity index (χ1n) is 7.03. The molecule has 1 aliphatic rings. The lowest BCUT2D eigenvalue weighted by Gasteiger charge is -2.30. The van der Waals surface area contributed by atoms with Crippen molar-refractivity contribution in [1.29, 1.82) is 5.26 Å². The maximum absolute atomic E-state index is 9.00. The second kappa shape index (κ2) is 5.52. The van der Waals surface area contributed by atoms with E-state index in [1.54, 1.807) is 0 Å². The minimum atomic E-state index is -0.552. The predicted octanol–water partition coefficient (Wildman–Crippen LogP) is 4.73. The van der Waals surface area contributed by atoms with Crippen LogP contribution >= 0.6 is 11.6 Å². The Morgan fingerprint density at radius 1 is 1.24 bits per heavy atom. The second-order valence-electron chi connectivity index (χ2n) is 5.44. The molecule has 2 aromatic carbocycles. The lowest BCUT2D eigenvalue weighted by molar-refractivity contribution is -0.0106. The molecule has 0 fully saturated rings. The molecule has 1 heterocycles. The average molecular weight is 298 g/mol. The summed E-state index contributed by atoms with van der Waals surface area (Å²) in [5.41, 5.74) is 3.99. The fourth-order valence-electron chi connectivity index (χ4n) is 2.97. The van der Waals surface area contributed by atoms with Gasteiger partial charge in [-0.15, -0.1) is 0 Å². The summed E-state index contributed by atoms with van der Waals surface area (Å²) >= 11 is 6.18. The number of aryl methyl sites for hydroxylation is 1. The molecule has 0 N–H and O–H groups in total. The van der Waals surface area contributed by atoms with E-state index < -0.39 is 5.60 Å². The van der Waals surface area contributed by atoms with Crippen molar-refractivity contribution in [2.75, 3.05) is 0 Å². The molecule has 0 aliphatic carbocycles. The average Bonchev–Trinajstić information content (AvgIpc) is 2.85. The zero-order valence-electron chi connectivity index (χ0n) is 11.9. The molecule has 2 aromatic rings. The third-order valence-electron chi connectivity index (χ3n) is 4.09. The molecule has 0 saturated carbocycles. The Morgan fingerprint density at radius 2 is 2.00 bits per heavy atom. The highest BCUT2D eigenvalue weighted by molar-refractivity contribution is 6.30. The Labute approximate surface area is 129 Å². The van der Waals surface area contributed by atoms with Crippen LogP contribution < -0.4 is 0 Å². The van der Waals surface area contributed by atoms with E-state index in [1.807, 2.05) is 18.2 Å². The summed E-state index contributed by atoms with van der Waals surface area (Å²) in [6, 6.07) is 16.4. The molecular formula is C18H16ClNO. The number of halogens is 1. The van der Waals surface area contributed by atoms with Gasteiger partial charge in [0.25, 0.3) is 0 Å². The van der Waals surface area contributed by atoms with Gasteiger partial charge in [0.1, 0.15) is 5.60 Å². The summed E-state index contributed by atoms with van der Waals surface area (Å²) in [7, 11) is 0. The van der Waals surface area contributed by atoms with Crippen LogP contribution in [0.4, 0.5) is 0 Å². The fraction of sp³-hybridized carbons (Fsp3) is 0.278. The summed E-state index contributed by atoms with van der Waals surface area (Å²) in [5, 5.41) is 9.70. The van der Waals surface area contributed by atoms with Gasteiger partial charge in [-0.25, -0.2) is 0 Å². The predicted molar refractivity (Wildman–Crippen MR) is 83.0 cm³/mol. The highest BCUT2D eigenvalue weighted by Crippen LogP contribution is 2.46. The summed E-state index contributed by atoms with van der Waals surface area (Å²) in [5.74, 6) is 0. The van der Waals surface area contributed by atoms with Gasteiger partial charge in [-0.1, -0.05) is 47.5 Å². The van der Waals surface area contributed by atoms with Crippen molar-refractivity contribution in [3.63, 3.8) is 0 Å². The van der Waals surface area contributed by atoms with Crippen molar-refractivity contribution in [2.24, 2.45) is 0 Å². The molecule has 0 saturated heterocycles. The Kier molecular flexibility index (Phi) is 3.71. The second-order valence-corrected chi connectivity index (χ2v) is 5.88. The van der Waals surface area contributed by atoms with Crippen LogP contribution in [0.2, 0.25) is 5.02 Å². The number of hydrogen-bond acceptors (Lipinski definition) is 2. The van der Waals surface area contributed by atoms with Crippen LogP contribution in [0, 0.1) is 18.3 Å². The fourth-order valence-corrected chi connectivity index (χ4v) is 3.15. The Balaban J connectivity index is 2.14. The first-order chi connectivity index (χ1) is 10.2. The quantitative estimate of drug-likeness (QED) is 0.821. The summed E-state index contributed by atoms with van der Waals surface area (Å²) < 4.78 is 6.18. The van der Waals surface area contributed by atoms with E-state index in [2.05, 4.69) is 37.3 Å². The number of nitriles is 1. The minimum absolute atomic E-state index is 0.444. The van der Waals surface area contributed by atoms with Gasteiger partial charge < -0.3 is 4.74 Å². The molecule has 3 heteroatoms. The van der Waals surface area contributed by atoms with E-state index in [-0.39, 0.29) is 0 Å². The molecule has 0 amide bonds. The first-order valence-corrected chi connectivity index (χ1v) is 7.40. The van der Waals surface area contributed by atoms with E-state index in [0.717, 1.165) is 16.7 Å². The topological polar surface area (TPSA) is 33.0 Å². The van der Waals surface area contributed by atoms with E-state index in [0.29, 0.717) is 24.5 Å². The maximum Gasteiger partial charge on any atom is 0.120 e. The van der Waals surface area contributed by atoms with E-state index in [1.165, 1.54) is 5.56 Å². The summed E-state index contributed by atoms with van der Waals surface area (Å²) in [4.78, 5) is 0. The van der Waals surface area contributed by atoms with E-state index >= 15 is 0 Å². The van der Waals surface area contributed by atoms with Crippen LogP contribution in [0.1, 0.15) is 35.1 Å². The van der Waals surface area contributed by atoms with Crippen LogP contribution in [-0.4, -0.2) is 0 Å². The van der Waals surface area contributed by atoms with Gasteiger partial charge in [0.05, 0.1) is 12.7 Å². The Bertz CT molecular complexity index is 702. The number of hydrogen-bond donors (Lipinski definition) is 0. The van der Waals surface area contributed by atoms with Gasteiger partial charge >= 0.3 is 0 Å². The smallest absolute Gasteiger partial charge is 0.120 e. The Hall–Kier alpha value is -1.82. The third-order valence-corrected chi connectivity index (χ3v) is 4.32. The SMILES string of the molecule is Cc1ccc(C2(CCC#N)OCc3ccc(Cl)cc32)cc1. The van der Waals surface area contributed by atoms with Gasteiger partial charge in [-0.2, -0.15) is 5.26 Å². The van der Waals surface area contributed by atoms with Crippen molar-refractivity contribution in [3.8, 4) is 6.07 Å². The molecule has 3 rings (SSSR count). The van der Waals surface area contributed by atoms with Gasteiger partial charge in [0, 0.05) is 11.4 Å². The van der Waals surface area contributed by atoms with Crippen LogP contribution in [-0.2, 0) is 16.9 Å². The molecule has 2 nitrogen and oxygen atoms in total. The monoisotopic (exact) mass is 297 g/mol. The van der Waals surface area contributed by atoms with Crippen LogP contribution in [0.5, 0.6) is 0 Å². The van der Waals surface area contributed by atoms with Gasteiger partial charge in [-0.05, 0) is 42.2 Å². The van der Waals surface area contributed by atoms with Gasteiger partial charge in [-0.3, -0.25) is 0 Å². The number of benzene rings is 2. The molecule has 0 spiro atoms. The molecule has 0 radical (unpaired) electrons. The Morgan fingerprint density at radius 3 is 2.71 bits per heavy atom. The van der Waals surface area contributed by atoms with Crippen molar-refractivity contribution in [3.05, 3.63) is 69.7 Å². The maximum atomic E-state index is 9.00. The van der Waals surface area contributed by atoms with Gasteiger partial charge in [0.2, 0.25) is 0 Å². The van der Waals surface area contributed by atoms with Crippen LogP contribution in [0.3, 0.4) is 0 Å². The number of rotatable bonds is 3. The molecule has 0 bridgehead atoms. The number of ether oxygens (including phenoxy) is 1. The lowest BCUT2D eigenvalue weighted by atomic mass is 9.82. The molecule has 0 aromatic heterocycles. The molecule has 1 atom stereocenters. The molecular weight excluding hydrogens is 282 g/mol. The highest BCUT2D eigenvalue weighted by atomic mass is 35.5.